The molecule has 0 aliphatic rings. The minimum atomic E-state index is -0.952. The summed E-state index contributed by atoms with van der Waals surface area (Å²) in [7, 11) is 0. The van der Waals surface area contributed by atoms with Crippen LogP contribution in [0.3, 0.4) is 0 Å². The summed E-state index contributed by atoms with van der Waals surface area (Å²) in [6.45, 7) is 1.95. The Hall–Kier alpha value is -3.31. The second-order valence-electron chi connectivity index (χ2n) is 6.34. The Labute approximate surface area is 174 Å². The molecule has 0 fully saturated rings. The Bertz CT molecular complexity index is 956. The molecule has 3 rings (SSSR count). The van der Waals surface area contributed by atoms with E-state index in [2.05, 4.69) is 5.32 Å². The fourth-order valence-electron chi connectivity index (χ4n) is 2.49. The van der Waals surface area contributed by atoms with Crippen LogP contribution in [-0.2, 0) is 16.1 Å². The molecule has 0 unspecified atom stereocenters. The lowest BCUT2D eigenvalue weighted by Crippen LogP contribution is -2.29. The van der Waals surface area contributed by atoms with E-state index in [1.807, 2.05) is 30.3 Å². The smallest absolute Gasteiger partial charge is 0.338 e. The quantitative estimate of drug-likeness (QED) is 0.551. The fourth-order valence-corrected chi connectivity index (χ4v) is 2.61. The van der Waals surface area contributed by atoms with Gasteiger partial charge in [-0.05, 0) is 61.0 Å². The number of hydrogen-bond acceptors (Lipinski definition) is 4. The van der Waals surface area contributed by atoms with Gasteiger partial charge in [0.2, 0.25) is 0 Å². The highest BCUT2D eigenvalue weighted by molar-refractivity contribution is 6.30. The third kappa shape index (κ3) is 6.09. The van der Waals surface area contributed by atoms with Crippen LogP contribution in [0.25, 0.3) is 0 Å². The number of anilines is 1. The summed E-state index contributed by atoms with van der Waals surface area (Å²) >= 11 is 5.82. The SMILES string of the molecule is C[C@H](OC(=O)c1ccc(OCc2ccccc2)cc1)C(=O)Nc1ccc(Cl)cc1. The first kappa shape index (κ1) is 20.4. The van der Waals surface area contributed by atoms with E-state index in [9.17, 15) is 9.59 Å². The van der Waals surface area contributed by atoms with Gasteiger partial charge in [-0.1, -0.05) is 41.9 Å². The third-order valence-corrected chi connectivity index (χ3v) is 4.36. The van der Waals surface area contributed by atoms with Gasteiger partial charge in [-0.2, -0.15) is 0 Å². The van der Waals surface area contributed by atoms with Crippen molar-refractivity contribution in [2.75, 3.05) is 5.32 Å². The van der Waals surface area contributed by atoms with Crippen molar-refractivity contribution in [1.29, 1.82) is 0 Å². The Morgan fingerprint density at radius 1 is 0.931 bits per heavy atom. The number of amides is 1. The van der Waals surface area contributed by atoms with E-state index in [1.54, 1.807) is 48.5 Å². The number of esters is 1. The number of ether oxygens (including phenoxy) is 2. The van der Waals surface area contributed by atoms with Crippen LogP contribution in [0.15, 0.2) is 78.9 Å². The van der Waals surface area contributed by atoms with Gasteiger partial charge in [0.25, 0.3) is 5.91 Å². The Morgan fingerprint density at radius 2 is 1.59 bits per heavy atom. The zero-order valence-electron chi connectivity index (χ0n) is 15.8. The molecule has 1 amide bonds. The van der Waals surface area contributed by atoms with E-state index in [0.29, 0.717) is 28.6 Å². The summed E-state index contributed by atoms with van der Waals surface area (Å²) in [5.41, 5.74) is 1.96. The Balaban J connectivity index is 1.51. The summed E-state index contributed by atoms with van der Waals surface area (Å²) in [5.74, 6) is -0.374. The molecule has 0 saturated heterocycles. The van der Waals surface area contributed by atoms with Gasteiger partial charge in [0, 0.05) is 10.7 Å². The van der Waals surface area contributed by atoms with Crippen molar-refractivity contribution in [3.8, 4) is 5.75 Å². The van der Waals surface area contributed by atoms with Crippen molar-refractivity contribution in [3.05, 3.63) is 95.0 Å². The molecule has 0 aliphatic carbocycles. The average molecular weight is 410 g/mol. The first-order valence-electron chi connectivity index (χ1n) is 9.05. The van der Waals surface area contributed by atoms with Gasteiger partial charge < -0.3 is 14.8 Å². The molecule has 0 saturated carbocycles. The molecule has 0 spiro atoms. The number of hydrogen-bond donors (Lipinski definition) is 1. The van der Waals surface area contributed by atoms with Crippen molar-refractivity contribution >= 4 is 29.2 Å². The van der Waals surface area contributed by atoms with Gasteiger partial charge >= 0.3 is 5.97 Å². The van der Waals surface area contributed by atoms with Crippen LogP contribution >= 0.6 is 11.6 Å². The highest BCUT2D eigenvalue weighted by atomic mass is 35.5. The predicted molar refractivity (Wildman–Crippen MR) is 112 cm³/mol. The van der Waals surface area contributed by atoms with Gasteiger partial charge in [-0.25, -0.2) is 4.79 Å². The number of carbonyl (C=O) groups excluding carboxylic acids is 2. The van der Waals surface area contributed by atoms with Crippen molar-refractivity contribution < 1.29 is 19.1 Å². The molecule has 29 heavy (non-hydrogen) atoms. The first-order chi connectivity index (χ1) is 14.0. The lowest BCUT2D eigenvalue weighted by molar-refractivity contribution is -0.123. The molecule has 6 heteroatoms. The van der Waals surface area contributed by atoms with Crippen LogP contribution in [0.4, 0.5) is 5.69 Å². The lowest BCUT2D eigenvalue weighted by Gasteiger charge is -2.14. The van der Waals surface area contributed by atoms with E-state index < -0.39 is 18.0 Å². The third-order valence-electron chi connectivity index (χ3n) is 4.10. The number of rotatable bonds is 7. The molecular formula is C23H20ClNO4. The normalized spacial score (nSPS) is 11.4. The molecule has 0 radical (unpaired) electrons. The van der Waals surface area contributed by atoms with Crippen LogP contribution in [0, 0.1) is 0 Å². The maximum Gasteiger partial charge on any atom is 0.338 e. The molecular weight excluding hydrogens is 390 g/mol. The molecule has 3 aromatic carbocycles. The lowest BCUT2D eigenvalue weighted by atomic mass is 10.2. The standard InChI is InChI=1S/C23H20ClNO4/c1-16(22(26)25-20-11-9-19(24)10-12-20)29-23(27)18-7-13-21(14-8-18)28-15-17-5-3-2-4-6-17/h2-14,16H,15H2,1H3,(H,25,26)/t16-/m0/s1. The van der Waals surface area contributed by atoms with Crippen LogP contribution in [-0.4, -0.2) is 18.0 Å². The van der Waals surface area contributed by atoms with Crippen LogP contribution < -0.4 is 10.1 Å². The minimum Gasteiger partial charge on any atom is -0.489 e. The first-order valence-corrected chi connectivity index (χ1v) is 9.43. The highest BCUT2D eigenvalue weighted by Crippen LogP contribution is 2.16. The summed E-state index contributed by atoms with van der Waals surface area (Å²) < 4.78 is 10.9. The van der Waals surface area contributed by atoms with Crippen molar-refractivity contribution in [3.63, 3.8) is 0 Å². The van der Waals surface area contributed by atoms with Crippen LogP contribution in [0.5, 0.6) is 5.75 Å². The molecule has 0 aliphatic heterocycles. The van der Waals surface area contributed by atoms with Gasteiger partial charge in [0.1, 0.15) is 12.4 Å². The van der Waals surface area contributed by atoms with E-state index in [-0.39, 0.29) is 0 Å². The second kappa shape index (κ2) is 9.75. The molecule has 3 aromatic rings. The molecule has 1 atom stereocenters. The monoisotopic (exact) mass is 409 g/mol. The summed E-state index contributed by atoms with van der Waals surface area (Å²) in [6.07, 6.45) is -0.952. The molecule has 0 heterocycles. The molecule has 1 N–H and O–H groups in total. The molecule has 148 valence electrons. The number of benzene rings is 3. The van der Waals surface area contributed by atoms with E-state index in [4.69, 9.17) is 21.1 Å². The molecule has 5 nitrogen and oxygen atoms in total. The van der Waals surface area contributed by atoms with E-state index in [1.165, 1.54) is 6.92 Å². The zero-order valence-corrected chi connectivity index (χ0v) is 16.6. The number of carbonyl (C=O) groups is 2. The molecule has 0 bridgehead atoms. The minimum absolute atomic E-state index is 0.336. The van der Waals surface area contributed by atoms with Gasteiger partial charge in [-0.3, -0.25) is 4.79 Å². The average Bonchev–Trinajstić information content (AvgIpc) is 2.75. The number of halogens is 1. The summed E-state index contributed by atoms with van der Waals surface area (Å²) in [6, 6.07) is 23.0. The largest absolute Gasteiger partial charge is 0.489 e. The highest BCUT2D eigenvalue weighted by Gasteiger charge is 2.19. The van der Waals surface area contributed by atoms with E-state index >= 15 is 0 Å². The molecule has 0 aromatic heterocycles. The van der Waals surface area contributed by atoms with E-state index in [0.717, 1.165) is 5.56 Å². The van der Waals surface area contributed by atoms with Gasteiger partial charge in [0.05, 0.1) is 5.56 Å². The topological polar surface area (TPSA) is 64.6 Å². The fraction of sp³-hybridized carbons (Fsp3) is 0.130. The zero-order chi connectivity index (χ0) is 20.6. The van der Waals surface area contributed by atoms with Crippen LogP contribution in [0.1, 0.15) is 22.8 Å². The van der Waals surface area contributed by atoms with Crippen molar-refractivity contribution in [2.45, 2.75) is 19.6 Å². The maximum atomic E-state index is 12.3. The summed E-state index contributed by atoms with van der Waals surface area (Å²) in [5, 5.41) is 3.24. The Morgan fingerprint density at radius 3 is 2.24 bits per heavy atom. The van der Waals surface area contributed by atoms with Gasteiger partial charge in [0.15, 0.2) is 6.10 Å². The number of nitrogens with one attached hydrogen (secondary N) is 1. The summed E-state index contributed by atoms with van der Waals surface area (Å²) in [4.78, 5) is 24.5. The maximum absolute atomic E-state index is 12.3. The Kier molecular flexibility index (Phi) is 6.87. The van der Waals surface area contributed by atoms with Crippen molar-refractivity contribution in [1.82, 2.24) is 0 Å². The van der Waals surface area contributed by atoms with Crippen LogP contribution in [0.2, 0.25) is 5.02 Å². The predicted octanol–water partition coefficient (Wildman–Crippen LogP) is 5.10. The second-order valence-corrected chi connectivity index (χ2v) is 6.78. The van der Waals surface area contributed by atoms with Crippen molar-refractivity contribution in [2.24, 2.45) is 0 Å². The van der Waals surface area contributed by atoms with Gasteiger partial charge in [-0.15, -0.1) is 0 Å².